The van der Waals surface area contributed by atoms with E-state index in [-0.39, 0.29) is 0 Å². The van der Waals surface area contributed by atoms with Gasteiger partial charge in [-0.25, -0.2) is 0 Å². The van der Waals surface area contributed by atoms with Crippen LogP contribution in [0.3, 0.4) is 0 Å². The largest absolute Gasteiger partial charge is 0.309 e. The molecule has 0 saturated heterocycles. The van der Waals surface area contributed by atoms with Crippen LogP contribution in [0.25, 0.3) is 60.6 Å². The van der Waals surface area contributed by atoms with Crippen LogP contribution in [0.1, 0.15) is 5.56 Å². The molecule has 1 aliphatic rings. The molecule has 1 aliphatic heterocycles. The summed E-state index contributed by atoms with van der Waals surface area (Å²) in [6.07, 6.45) is 6.09. The lowest BCUT2D eigenvalue weighted by Gasteiger charge is -2.12. The Bertz CT molecular complexity index is 2100. The molecule has 0 bridgehead atoms. The molecule has 8 rings (SSSR count). The van der Waals surface area contributed by atoms with Crippen molar-refractivity contribution in [3.05, 3.63) is 145 Å². The van der Waals surface area contributed by atoms with Crippen LogP contribution in [0.5, 0.6) is 0 Å². The number of benzene rings is 5. The van der Waals surface area contributed by atoms with Crippen LogP contribution >= 0.6 is 0 Å². The normalized spacial score (nSPS) is 12.9. The van der Waals surface area contributed by atoms with Gasteiger partial charge in [0.1, 0.15) is 0 Å². The van der Waals surface area contributed by atoms with Gasteiger partial charge in [0.05, 0.1) is 29.0 Å². The second-order valence-corrected chi connectivity index (χ2v) is 10.2. The van der Waals surface area contributed by atoms with Gasteiger partial charge in [-0.05, 0) is 59.0 Å². The molecule has 3 heterocycles. The van der Waals surface area contributed by atoms with Crippen molar-refractivity contribution in [1.29, 1.82) is 0 Å². The van der Waals surface area contributed by atoms with E-state index >= 15 is 0 Å². The monoisotopic (exact) mass is 511 g/mol. The average Bonchev–Trinajstić information content (AvgIpc) is 3.68. The molecule has 0 aliphatic carbocycles. The Kier molecular flexibility index (Phi) is 5.20. The smallest absolute Gasteiger partial charge is 0.0702 e. The van der Waals surface area contributed by atoms with Crippen molar-refractivity contribution in [2.45, 2.75) is 0 Å². The fourth-order valence-electron chi connectivity index (χ4n) is 5.95. The number of nitrogens with zero attached hydrogens (tertiary/aromatic N) is 3. The third kappa shape index (κ3) is 3.67. The first-order chi connectivity index (χ1) is 19.8. The van der Waals surface area contributed by atoms with Crippen LogP contribution < -0.4 is 0 Å². The third-order valence-corrected chi connectivity index (χ3v) is 7.88. The summed E-state index contributed by atoms with van der Waals surface area (Å²) >= 11 is 0. The van der Waals surface area contributed by atoms with Crippen molar-refractivity contribution in [3.8, 4) is 28.1 Å². The predicted octanol–water partition coefficient (Wildman–Crippen LogP) is 9.02. The van der Waals surface area contributed by atoms with Crippen LogP contribution in [0.4, 0.5) is 0 Å². The maximum atomic E-state index is 4.69. The molecular formula is C37H25N3. The molecule has 0 atom stereocenters. The lowest BCUT2D eigenvalue weighted by Crippen LogP contribution is -1.98. The molecule has 5 aromatic carbocycles. The van der Waals surface area contributed by atoms with E-state index in [1.807, 2.05) is 18.3 Å². The highest BCUT2D eigenvalue weighted by atomic mass is 15.0. The summed E-state index contributed by atoms with van der Waals surface area (Å²) in [6, 6.07) is 43.5. The first-order valence-corrected chi connectivity index (χ1v) is 13.6. The van der Waals surface area contributed by atoms with Crippen molar-refractivity contribution in [2.75, 3.05) is 6.54 Å². The quantitative estimate of drug-likeness (QED) is 0.232. The lowest BCUT2D eigenvalue weighted by atomic mass is 10.0. The number of pyridine rings is 1. The van der Waals surface area contributed by atoms with E-state index in [2.05, 4.69) is 131 Å². The van der Waals surface area contributed by atoms with Crippen molar-refractivity contribution >= 4 is 38.3 Å². The molecule has 7 aromatic rings. The van der Waals surface area contributed by atoms with Crippen molar-refractivity contribution in [2.24, 2.45) is 4.99 Å². The van der Waals surface area contributed by atoms with E-state index in [0.29, 0.717) is 0 Å². The fraction of sp³-hybridized carbons (Fsp3) is 0.0270. The molecule has 188 valence electrons. The van der Waals surface area contributed by atoms with Gasteiger partial charge in [-0.3, -0.25) is 9.98 Å². The fourth-order valence-corrected chi connectivity index (χ4v) is 5.95. The maximum absolute atomic E-state index is 4.69. The van der Waals surface area contributed by atoms with Gasteiger partial charge < -0.3 is 4.57 Å². The second kappa shape index (κ2) is 9.18. The highest BCUT2D eigenvalue weighted by Gasteiger charge is 2.17. The zero-order valence-corrected chi connectivity index (χ0v) is 21.8. The third-order valence-electron chi connectivity index (χ3n) is 7.88. The second-order valence-electron chi connectivity index (χ2n) is 10.2. The van der Waals surface area contributed by atoms with E-state index < -0.39 is 0 Å². The number of fused-ring (bicyclic) bond motifs is 5. The van der Waals surface area contributed by atoms with E-state index in [4.69, 9.17) is 4.99 Å². The molecule has 0 amide bonds. The zero-order chi connectivity index (χ0) is 26.5. The number of hydrogen-bond acceptors (Lipinski definition) is 2. The average molecular weight is 512 g/mol. The summed E-state index contributed by atoms with van der Waals surface area (Å²) in [5, 5.41) is 4.91. The molecule has 3 heteroatoms. The molecular weight excluding hydrogens is 486 g/mol. The van der Waals surface area contributed by atoms with Gasteiger partial charge >= 0.3 is 0 Å². The molecule has 0 fully saturated rings. The Balaban J connectivity index is 1.39. The van der Waals surface area contributed by atoms with Gasteiger partial charge in [-0.15, -0.1) is 0 Å². The topological polar surface area (TPSA) is 30.2 Å². The summed E-state index contributed by atoms with van der Waals surface area (Å²) in [5.41, 5.74) is 10.3. The Morgan fingerprint density at radius 3 is 2.12 bits per heavy atom. The predicted molar refractivity (Wildman–Crippen MR) is 167 cm³/mol. The van der Waals surface area contributed by atoms with E-state index in [1.54, 1.807) is 0 Å². The minimum Gasteiger partial charge on any atom is -0.309 e. The van der Waals surface area contributed by atoms with Gasteiger partial charge in [0.15, 0.2) is 0 Å². The summed E-state index contributed by atoms with van der Waals surface area (Å²) in [7, 11) is 0. The highest BCUT2D eigenvalue weighted by Crippen LogP contribution is 2.38. The maximum Gasteiger partial charge on any atom is 0.0702 e. The summed E-state index contributed by atoms with van der Waals surface area (Å²) in [5.74, 6) is 0. The Hall–Kier alpha value is -5.28. The first-order valence-electron chi connectivity index (χ1n) is 13.6. The lowest BCUT2D eigenvalue weighted by molar-refractivity contribution is 1.19. The van der Waals surface area contributed by atoms with Gasteiger partial charge in [0.25, 0.3) is 0 Å². The van der Waals surface area contributed by atoms with Crippen molar-refractivity contribution in [3.63, 3.8) is 0 Å². The van der Waals surface area contributed by atoms with Gasteiger partial charge in [-0.2, -0.15) is 0 Å². The summed E-state index contributed by atoms with van der Waals surface area (Å²) in [4.78, 5) is 9.27. The first kappa shape index (κ1) is 22.7. The van der Waals surface area contributed by atoms with Crippen LogP contribution in [0.15, 0.2) is 145 Å². The molecule has 40 heavy (non-hydrogen) atoms. The van der Waals surface area contributed by atoms with E-state index in [1.165, 1.54) is 43.7 Å². The minimum atomic E-state index is 0.751. The molecule has 0 unspecified atom stereocenters. The highest BCUT2D eigenvalue weighted by molar-refractivity contribution is 6.20. The van der Waals surface area contributed by atoms with E-state index in [9.17, 15) is 0 Å². The van der Waals surface area contributed by atoms with Gasteiger partial charge in [-0.1, -0.05) is 91.0 Å². The summed E-state index contributed by atoms with van der Waals surface area (Å²) in [6.45, 7) is 0.751. The van der Waals surface area contributed by atoms with Crippen LogP contribution in [0.2, 0.25) is 0 Å². The SMILES string of the molecule is C1=CC(c2ccc3c4ccc5cc(-c6ccccn6)ccc5c4n(-c4ccc(-c5ccccc5)cc4)c3c2)=NC1. The standard InChI is InChI=1S/C37H25N3/c1-2-7-25(8-3-1)26-11-16-30(17-12-26)40-36-24-29(35-10-6-22-39-35)15-19-32(36)33-20-13-27-23-28(14-18-31(27)37(33)40)34-9-4-5-21-38-34/h1-21,23-24H,22H2. The Morgan fingerprint density at radius 1 is 0.575 bits per heavy atom. The molecule has 3 nitrogen and oxygen atoms in total. The molecule has 0 spiro atoms. The molecule has 0 radical (unpaired) electrons. The number of hydrogen-bond donors (Lipinski definition) is 0. The number of rotatable bonds is 4. The van der Waals surface area contributed by atoms with Crippen LogP contribution in [0, 0.1) is 0 Å². The number of allylic oxidation sites excluding steroid dienone is 1. The van der Waals surface area contributed by atoms with Crippen LogP contribution in [-0.2, 0) is 0 Å². The van der Waals surface area contributed by atoms with Crippen molar-refractivity contribution in [1.82, 2.24) is 9.55 Å². The zero-order valence-electron chi connectivity index (χ0n) is 21.8. The molecule has 2 aromatic heterocycles. The van der Waals surface area contributed by atoms with E-state index in [0.717, 1.165) is 34.8 Å². The van der Waals surface area contributed by atoms with Gasteiger partial charge in [0, 0.05) is 39.2 Å². The number of aromatic nitrogens is 2. The van der Waals surface area contributed by atoms with Gasteiger partial charge in [0.2, 0.25) is 0 Å². The number of aliphatic imine (C=N–C) groups is 1. The van der Waals surface area contributed by atoms with Crippen molar-refractivity contribution < 1.29 is 0 Å². The molecule has 0 N–H and O–H groups in total. The Morgan fingerprint density at radius 2 is 1.32 bits per heavy atom. The minimum absolute atomic E-state index is 0.751. The molecule has 0 saturated carbocycles. The Labute approximate surface area is 232 Å². The van der Waals surface area contributed by atoms with Crippen LogP contribution in [-0.4, -0.2) is 21.8 Å². The summed E-state index contributed by atoms with van der Waals surface area (Å²) < 4.78 is 2.42.